The van der Waals surface area contributed by atoms with Crippen LogP contribution in [0.4, 0.5) is 13.2 Å². The highest BCUT2D eigenvalue weighted by atomic mass is 32.2. The number of likely N-dealkylation sites (tertiary alicyclic amines) is 2. The summed E-state index contributed by atoms with van der Waals surface area (Å²) >= 11 is 0. The molecule has 222 valence electrons. The van der Waals surface area contributed by atoms with Gasteiger partial charge in [-0.3, -0.25) is 9.80 Å². The summed E-state index contributed by atoms with van der Waals surface area (Å²) in [7, 11) is -2.41. The van der Waals surface area contributed by atoms with Crippen LogP contribution in [-0.4, -0.2) is 77.4 Å². The predicted octanol–water partition coefficient (Wildman–Crippen LogP) is 4.95. The van der Waals surface area contributed by atoms with Crippen LogP contribution < -0.4 is 9.47 Å². The summed E-state index contributed by atoms with van der Waals surface area (Å²) in [6, 6.07) is 9.37. The Kier molecular flexibility index (Phi) is 8.06. The number of rotatable bonds is 5. The van der Waals surface area contributed by atoms with Gasteiger partial charge >= 0.3 is 6.36 Å². The van der Waals surface area contributed by atoms with Crippen molar-refractivity contribution >= 4 is 37.3 Å². The number of alkyl halides is 3. The van der Waals surface area contributed by atoms with Crippen LogP contribution in [0.2, 0.25) is 0 Å². The lowest BCUT2D eigenvalue weighted by Gasteiger charge is -2.39. The van der Waals surface area contributed by atoms with E-state index in [2.05, 4.69) is 25.8 Å². The van der Waals surface area contributed by atoms with Crippen molar-refractivity contribution in [2.75, 3.05) is 32.8 Å². The summed E-state index contributed by atoms with van der Waals surface area (Å²) in [6.07, 6.45) is 4.06. The second kappa shape index (κ2) is 11.9. The van der Waals surface area contributed by atoms with Crippen LogP contribution >= 0.6 is 0 Å². The van der Waals surface area contributed by atoms with Gasteiger partial charge in [-0.15, -0.1) is 13.2 Å². The van der Waals surface area contributed by atoms with E-state index >= 15 is 0 Å². The molecule has 42 heavy (non-hydrogen) atoms. The van der Waals surface area contributed by atoms with Crippen molar-refractivity contribution in [2.45, 2.75) is 38.0 Å². The van der Waals surface area contributed by atoms with Crippen LogP contribution in [0.5, 0.6) is 11.5 Å². The molecule has 0 aliphatic carbocycles. The molecule has 1 unspecified atom stereocenters. The van der Waals surface area contributed by atoms with E-state index in [0.29, 0.717) is 49.3 Å². The first-order chi connectivity index (χ1) is 20.2. The number of fused-ring (bicyclic) bond motifs is 3. The Morgan fingerprint density at radius 2 is 1.74 bits per heavy atom. The zero-order chi connectivity index (χ0) is 29.3. The molecule has 2 aliphatic heterocycles. The van der Waals surface area contributed by atoms with Crippen LogP contribution in [0, 0.1) is 5.92 Å². The summed E-state index contributed by atoms with van der Waals surface area (Å²) in [5, 5.41) is 2.46. The van der Waals surface area contributed by atoms with Crippen molar-refractivity contribution < 1.29 is 31.1 Å². The smallest absolute Gasteiger partial charge is 0.493 e. The van der Waals surface area contributed by atoms with Gasteiger partial charge in [0.2, 0.25) is 10.3 Å². The number of aromatic nitrogens is 3. The number of hydrogen-bond acceptors (Lipinski definition) is 6. The first-order valence-corrected chi connectivity index (χ1v) is 15.0. The number of benzene rings is 1. The van der Waals surface area contributed by atoms with Gasteiger partial charge in [-0.25, -0.2) is 9.97 Å². The van der Waals surface area contributed by atoms with Crippen LogP contribution in [0.25, 0.3) is 21.9 Å². The van der Waals surface area contributed by atoms with Crippen molar-refractivity contribution in [3.8, 4) is 11.5 Å². The van der Waals surface area contributed by atoms with E-state index in [-0.39, 0.29) is 17.6 Å². The lowest BCUT2D eigenvalue weighted by Crippen LogP contribution is -2.51. The molecule has 13 heteroatoms. The zero-order valence-electron chi connectivity index (χ0n) is 22.7. The molecule has 6 rings (SSSR count). The number of H-pyrrole nitrogens is 1. The van der Waals surface area contributed by atoms with E-state index in [9.17, 15) is 21.6 Å². The van der Waals surface area contributed by atoms with Crippen molar-refractivity contribution in [3.05, 3.63) is 60.6 Å². The van der Waals surface area contributed by atoms with Crippen molar-refractivity contribution in [1.82, 2.24) is 24.8 Å². The van der Waals surface area contributed by atoms with E-state index in [4.69, 9.17) is 4.74 Å². The summed E-state index contributed by atoms with van der Waals surface area (Å²) in [4.78, 5) is 16.0. The number of aromatic amines is 1. The van der Waals surface area contributed by atoms with Crippen molar-refractivity contribution in [1.29, 1.82) is 0 Å². The van der Waals surface area contributed by atoms with E-state index in [0.717, 1.165) is 42.0 Å². The number of pyridine rings is 2. The molecule has 2 aliphatic rings. The minimum atomic E-state index is -4.75. The second-order valence-corrected chi connectivity index (χ2v) is 11.6. The van der Waals surface area contributed by atoms with E-state index in [1.54, 1.807) is 6.20 Å². The maximum Gasteiger partial charge on any atom is 0.573 e. The van der Waals surface area contributed by atoms with Gasteiger partial charge in [-0.1, -0.05) is 0 Å². The molecule has 2 saturated heterocycles. The average Bonchev–Trinajstić information content (AvgIpc) is 3.46. The first kappa shape index (κ1) is 28.4. The Balaban J connectivity index is 1.09. The summed E-state index contributed by atoms with van der Waals surface area (Å²) in [5.41, 5.74) is 2.89. The summed E-state index contributed by atoms with van der Waals surface area (Å²) in [5.74, 6) is 0.460. The quantitative estimate of drug-likeness (QED) is 0.321. The number of hydrogen-bond donors (Lipinski definition) is 1. The molecule has 0 radical (unpaired) electrons. The third-order valence-corrected chi connectivity index (χ3v) is 8.83. The Morgan fingerprint density at radius 1 is 0.976 bits per heavy atom. The van der Waals surface area contributed by atoms with Crippen molar-refractivity contribution in [2.24, 2.45) is 5.92 Å². The first-order valence-electron chi connectivity index (χ1n) is 13.9. The second-order valence-electron chi connectivity index (χ2n) is 10.7. The maximum absolute atomic E-state index is 12.5. The molecule has 9 nitrogen and oxygen atoms in total. The number of piperidine rings is 2. The lowest BCUT2D eigenvalue weighted by atomic mass is 9.87. The van der Waals surface area contributed by atoms with E-state index < -0.39 is 16.7 Å². The Morgan fingerprint density at radius 3 is 2.48 bits per heavy atom. The molecule has 5 heterocycles. The van der Waals surface area contributed by atoms with Crippen LogP contribution in [0.1, 0.15) is 37.2 Å². The molecule has 1 N–H and O–H groups in total. The predicted molar refractivity (Wildman–Crippen MR) is 152 cm³/mol. The normalized spacial score (nSPS) is 19.3. The Bertz CT molecular complexity index is 1690. The zero-order valence-corrected chi connectivity index (χ0v) is 23.5. The average molecular weight is 602 g/mol. The van der Waals surface area contributed by atoms with Gasteiger partial charge in [0.15, 0.2) is 10.8 Å². The number of nitrogens with one attached hydrogen (secondary N) is 1. The van der Waals surface area contributed by atoms with E-state index in [1.165, 1.54) is 29.8 Å². The highest BCUT2D eigenvalue weighted by Gasteiger charge is 2.33. The van der Waals surface area contributed by atoms with Crippen molar-refractivity contribution in [3.63, 3.8) is 0 Å². The van der Waals surface area contributed by atoms with Gasteiger partial charge in [0, 0.05) is 55.3 Å². The fourth-order valence-corrected chi connectivity index (χ4v) is 6.91. The SMILES string of the molecule is O=S(=O)=C(N1CCC(c2cc[nH]c3cnc4nccc4c23)CC1)N1CCCC(COc2ccc(OC(F)(F)F)cc2)C1. The minimum absolute atomic E-state index is 0.0713. The lowest BCUT2D eigenvalue weighted by molar-refractivity contribution is -0.274. The molecule has 2 fully saturated rings. The van der Waals surface area contributed by atoms with Gasteiger partial charge < -0.3 is 14.5 Å². The maximum atomic E-state index is 12.5. The number of ether oxygens (including phenoxy) is 2. The highest BCUT2D eigenvalue weighted by Crippen LogP contribution is 2.36. The van der Waals surface area contributed by atoms with Crippen LogP contribution in [-0.2, 0) is 10.3 Å². The molecule has 0 bridgehead atoms. The molecule has 1 aromatic carbocycles. The summed E-state index contributed by atoms with van der Waals surface area (Å²) in [6.45, 7) is 2.72. The Hall–Kier alpha value is -3.68. The van der Waals surface area contributed by atoms with Gasteiger partial charge in [0.25, 0.3) is 0 Å². The molecule has 3 aromatic heterocycles. The number of nitrogens with zero attached hydrogens (tertiary/aromatic N) is 4. The Labute approximate surface area is 241 Å². The number of halogens is 3. The van der Waals surface area contributed by atoms with Gasteiger partial charge in [-0.05, 0) is 73.6 Å². The molecule has 0 amide bonds. The standard InChI is InChI=1S/C29H30F3N5O4S/c30-29(31,32)41-22-5-3-21(4-6-22)40-18-19-2-1-13-37(17-19)28(42(38)39)36-14-9-20(10-15-36)23-7-11-33-25-16-35-27-24(26(23)25)8-12-34-27/h3-8,11-12,16,19-20,33H,1-2,9-10,13-15,17-18H2. The van der Waals surface area contributed by atoms with Gasteiger partial charge in [-0.2, -0.15) is 8.42 Å². The fraction of sp³-hybridized carbons (Fsp3) is 0.414. The third kappa shape index (κ3) is 6.22. The molecule has 0 spiro atoms. The monoisotopic (exact) mass is 601 g/mol. The van der Waals surface area contributed by atoms with Crippen LogP contribution in [0.3, 0.4) is 0 Å². The fourth-order valence-electron chi connectivity index (χ4n) is 6.14. The largest absolute Gasteiger partial charge is 0.573 e. The highest BCUT2D eigenvalue weighted by molar-refractivity contribution is 7.72. The molecule has 4 aromatic rings. The molecular formula is C29H30F3N5O4S. The van der Waals surface area contributed by atoms with Crippen LogP contribution in [0.15, 0.2) is 55.0 Å². The molecule has 1 atom stereocenters. The molecular weight excluding hydrogens is 571 g/mol. The summed E-state index contributed by atoms with van der Waals surface area (Å²) < 4.78 is 71.9. The minimum Gasteiger partial charge on any atom is -0.493 e. The van der Waals surface area contributed by atoms with Gasteiger partial charge in [0.1, 0.15) is 11.5 Å². The third-order valence-electron chi connectivity index (χ3n) is 8.01. The van der Waals surface area contributed by atoms with E-state index in [1.807, 2.05) is 28.3 Å². The molecule has 0 saturated carbocycles. The van der Waals surface area contributed by atoms with Gasteiger partial charge in [0.05, 0.1) is 18.3 Å². The topological polar surface area (TPSA) is 101 Å².